The molecule has 4 heteroatoms. The summed E-state index contributed by atoms with van der Waals surface area (Å²) in [6, 6.07) is 10.8. The van der Waals surface area contributed by atoms with Crippen molar-refractivity contribution in [2.75, 3.05) is 12.8 Å². The van der Waals surface area contributed by atoms with E-state index in [1.807, 2.05) is 12.1 Å². The van der Waals surface area contributed by atoms with Crippen molar-refractivity contribution in [1.29, 1.82) is 0 Å². The van der Waals surface area contributed by atoms with Crippen molar-refractivity contribution in [3.8, 4) is 0 Å². The molecular weight excluding hydrogens is 308 g/mol. The van der Waals surface area contributed by atoms with E-state index in [1.165, 1.54) is 10.4 Å². The van der Waals surface area contributed by atoms with Gasteiger partial charge in [0.15, 0.2) is 0 Å². The first-order valence-electron chi connectivity index (χ1n) is 5.85. The van der Waals surface area contributed by atoms with Crippen molar-refractivity contribution in [2.24, 2.45) is 0 Å². The molecule has 96 valence electrons. The first-order chi connectivity index (χ1) is 8.58. The summed E-state index contributed by atoms with van der Waals surface area (Å²) < 4.78 is 1.03. The van der Waals surface area contributed by atoms with E-state index >= 15 is 0 Å². The highest BCUT2D eigenvalue weighted by Crippen LogP contribution is 2.26. The highest BCUT2D eigenvalue weighted by atomic mass is 79.9. The molecule has 0 amide bonds. The number of anilines is 1. The number of nitrogens with two attached hydrogens (primary N) is 1. The largest absolute Gasteiger partial charge is 0.398 e. The van der Waals surface area contributed by atoms with E-state index in [4.69, 9.17) is 5.73 Å². The van der Waals surface area contributed by atoms with Gasteiger partial charge in [0.1, 0.15) is 0 Å². The summed E-state index contributed by atoms with van der Waals surface area (Å²) in [7, 11) is 2.13. The quantitative estimate of drug-likeness (QED) is 0.850. The fourth-order valence-corrected chi connectivity index (χ4v) is 3.09. The monoisotopic (exact) mass is 324 g/mol. The summed E-state index contributed by atoms with van der Waals surface area (Å²) in [5.74, 6) is 0. The fourth-order valence-electron chi connectivity index (χ4n) is 1.86. The van der Waals surface area contributed by atoms with Gasteiger partial charge in [-0.15, -0.1) is 11.3 Å². The first kappa shape index (κ1) is 13.6. The van der Waals surface area contributed by atoms with Gasteiger partial charge in [0, 0.05) is 27.6 Å². The van der Waals surface area contributed by atoms with E-state index in [1.54, 1.807) is 11.3 Å². The zero-order valence-corrected chi connectivity index (χ0v) is 13.0. The van der Waals surface area contributed by atoms with Crippen molar-refractivity contribution in [2.45, 2.75) is 19.5 Å². The van der Waals surface area contributed by atoms with Crippen LogP contribution in [-0.4, -0.2) is 11.9 Å². The van der Waals surface area contributed by atoms with E-state index in [0.717, 1.165) is 16.7 Å². The van der Waals surface area contributed by atoms with E-state index in [0.29, 0.717) is 6.04 Å². The van der Waals surface area contributed by atoms with Crippen LogP contribution in [-0.2, 0) is 6.54 Å². The summed E-state index contributed by atoms with van der Waals surface area (Å²) in [6.07, 6.45) is 0. The van der Waals surface area contributed by atoms with Crippen molar-refractivity contribution in [3.05, 3.63) is 50.6 Å². The second-order valence-electron chi connectivity index (χ2n) is 4.45. The van der Waals surface area contributed by atoms with Gasteiger partial charge in [0.05, 0.1) is 0 Å². The SMILES string of the molecule is CC(c1cccs1)N(C)Cc1ccc(Br)cc1N. The van der Waals surface area contributed by atoms with Gasteiger partial charge in [-0.2, -0.15) is 0 Å². The van der Waals surface area contributed by atoms with Crippen molar-refractivity contribution >= 4 is 33.0 Å². The van der Waals surface area contributed by atoms with Crippen LogP contribution in [0.3, 0.4) is 0 Å². The molecule has 0 radical (unpaired) electrons. The molecule has 0 saturated carbocycles. The van der Waals surface area contributed by atoms with E-state index in [2.05, 4.69) is 58.4 Å². The number of hydrogen-bond acceptors (Lipinski definition) is 3. The number of hydrogen-bond donors (Lipinski definition) is 1. The molecule has 0 fully saturated rings. The third kappa shape index (κ3) is 3.13. The van der Waals surface area contributed by atoms with Crippen molar-refractivity contribution < 1.29 is 0 Å². The molecule has 0 saturated heterocycles. The molecule has 2 aromatic rings. The molecule has 0 aliphatic carbocycles. The Morgan fingerprint density at radius 2 is 2.17 bits per heavy atom. The molecule has 1 aromatic heterocycles. The average molecular weight is 325 g/mol. The van der Waals surface area contributed by atoms with Crippen LogP contribution < -0.4 is 5.73 Å². The molecule has 1 atom stereocenters. The van der Waals surface area contributed by atoms with Gasteiger partial charge in [-0.25, -0.2) is 0 Å². The third-order valence-electron chi connectivity index (χ3n) is 3.14. The molecule has 2 rings (SSSR count). The maximum atomic E-state index is 6.03. The summed E-state index contributed by atoms with van der Waals surface area (Å²) in [4.78, 5) is 3.69. The minimum Gasteiger partial charge on any atom is -0.398 e. The molecule has 2 N–H and O–H groups in total. The Morgan fingerprint density at radius 3 is 2.78 bits per heavy atom. The van der Waals surface area contributed by atoms with E-state index in [-0.39, 0.29) is 0 Å². The molecule has 0 bridgehead atoms. The molecule has 1 heterocycles. The van der Waals surface area contributed by atoms with Crippen LogP contribution >= 0.6 is 27.3 Å². The lowest BCUT2D eigenvalue weighted by atomic mass is 10.1. The molecule has 1 aromatic carbocycles. The lowest BCUT2D eigenvalue weighted by Gasteiger charge is -2.24. The van der Waals surface area contributed by atoms with Crippen LogP contribution in [0.25, 0.3) is 0 Å². The van der Waals surface area contributed by atoms with E-state index < -0.39 is 0 Å². The topological polar surface area (TPSA) is 29.3 Å². The van der Waals surface area contributed by atoms with Gasteiger partial charge >= 0.3 is 0 Å². The van der Waals surface area contributed by atoms with Crippen LogP contribution in [0.2, 0.25) is 0 Å². The number of thiophene rings is 1. The smallest absolute Gasteiger partial charge is 0.0413 e. The molecule has 0 aliphatic heterocycles. The van der Waals surface area contributed by atoms with Crippen LogP contribution in [0, 0.1) is 0 Å². The Kier molecular flexibility index (Phi) is 4.43. The Labute approximate surface area is 121 Å². The predicted molar refractivity (Wildman–Crippen MR) is 82.8 cm³/mol. The number of nitrogens with zero attached hydrogens (tertiary/aromatic N) is 1. The Balaban J connectivity index is 2.09. The van der Waals surface area contributed by atoms with Gasteiger partial charge in [-0.1, -0.05) is 28.1 Å². The number of rotatable bonds is 4. The Hall–Kier alpha value is -0.840. The summed E-state index contributed by atoms with van der Waals surface area (Å²) >= 11 is 5.23. The normalized spacial score (nSPS) is 12.9. The minimum atomic E-state index is 0.410. The van der Waals surface area contributed by atoms with Gasteiger partial charge in [0.2, 0.25) is 0 Å². The molecule has 2 nitrogen and oxygen atoms in total. The predicted octanol–water partition coefficient (Wildman–Crippen LogP) is 4.29. The van der Waals surface area contributed by atoms with Crippen molar-refractivity contribution in [1.82, 2.24) is 4.90 Å². The highest BCUT2D eigenvalue weighted by molar-refractivity contribution is 9.10. The zero-order valence-electron chi connectivity index (χ0n) is 10.6. The molecule has 1 unspecified atom stereocenters. The van der Waals surface area contributed by atoms with E-state index in [9.17, 15) is 0 Å². The van der Waals surface area contributed by atoms with Gasteiger partial charge in [0.25, 0.3) is 0 Å². The summed E-state index contributed by atoms with van der Waals surface area (Å²) in [5, 5.41) is 2.12. The van der Waals surface area contributed by atoms with Crippen LogP contribution in [0.15, 0.2) is 40.2 Å². The first-order valence-corrected chi connectivity index (χ1v) is 7.52. The maximum absolute atomic E-state index is 6.03. The van der Waals surface area contributed by atoms with Gasteiger partial charge < -0.3 is 5.73 Å². The summed E-state index contributed by atoms with van der Waals surface area (Å²) in [6.45, 7) is 3.08. The number of halogens is 1. The Bertz CT molecular complexity index is 511. The Morgan fingerprint density at radius 1 is 1.39 bits per heavy atom. The molecule has 18 heavy (non-hydrogen) atoms. The number of nitrogen functional groups attached to an aromatic ring is 1. The molecule has 0 spiro atoms. The highest BCUT2D eigenvalue weighted by Gasteiger charge is 2.13. The van der Waals surface area contributed by atoms with Crippen LogP contribution in [0.5, 0.6) is 0 Å². The minimum absolute atomic E-state index is 0.410. The van der Waals surface area contributed by atoms with Crippen LogP contribution in [0.4, 0.5) is 5.69 Å². The van der Waals surface area contributed by atoms with Gasteiger partial charge in [-0.05, 0) is 43.1 Å². The second kappa shape index (κ2) is 5.87. The van der Waals surface area contributed by atoms with Crippen molar-refractivity contribution in [3.63, 3.8) is 0 Å². The molecular formula is C14H17BrN2S. The number of benzene rings is 1. The molecule has 0 aliphatic rings. The summed E-state index contributed by atoms with van der Waals surface area (Å²) in [5.41, 5.74) is 8.05. The second-order valence-corrected chi connectivity index (χ2v) is 6.34. The maximum Gasteiger partial charge on any atom is 0.0413 e. The average Bonchev–Trinajstić information content (AvgIpc) is 2.85. The van der Waals surface area contributed by atoms with Crippen LogP contribution in [0.1, 0.15) is 23.4 Å². The standard InChI is InChI=1S/C14H17BrN2S/c1-10(14-4-3-7-18-14)17(2)9-11-5-6-12(15)8-13(11)16/h3-8,10H,9,16H2,1-2H3. The lowest BCUT2D eigenvalue weighted by molar-refractivity contribution is 0.257. The van der Waals surface area contributed by atoms with Gasteiger partial charge in [-0.3, -0.25) is 4.90 Å². The fraction of sp³-hybridized carbons (Fsp3) is 0.286. The lowest BCUT2D eigenvalue weighted by Crippen LogP contribution is -2.21. The zero-order chi connectivity index (χ0) is 13.1. The third-order valence-corrected chi connectivity index (χ3v) is 4.68.